The Hall–Kier alpha value is -2.55. The van der Waals surface area contributed by atoms with E-state index in [0.717, 1.165) is 16.8 Å². The van der Waals surface area contributed by atoms with E-state index in [1.165, 1.54) is 5.56 Å². The van der Waals surface area contributed by atoms with Gasteiger partial charge in [-0.1, -0.05) is 42.0 Å². The van der Waals surface area contributed by atoms with Crippen LogP contribution in [0.2, 0.25) is 0 Å². The first-order valence-corrected chi connectivity index (χ1v) is 7.48. The molecule has 114 valence electrons. The SMILES string of the molecule is CCN(C(=O)N/C=C/c1cccc(C)c1)c1cccc(C)c1. The average molecular weight is 294 g/mol. The van der Waals surface area contributed by atoms with E-state index in [4.69, 9.17) is 0 Å². The third kappa shape index (κ3) is 4.22. The van der Waals surface area contributed by atoms with E-state index in [0.29, 0.717) is 6.54 Å². The second-order valence-corrected chi connectivity index (χ2v) is 5.28. The molecule has 0 bridgehead atoms. The Morgan fingerprint density at radius 2 is 1.77 bits per heavy atom. The van der Waals surface area contributed by atoms with Crippen molar-refractivity contribution in [3.8, 4) is 0 Å². The van der Waals surface area contributed by atoms with Crippen molar-refractivity contribution < 1.29 is 4.79 Å². The standard InChI is InChI=1S/C19H22N2O/c1-4-21(18-10-6-8-16(3)14-18)19(22)20-12-11-17-9-5-7-15(2)13-17/h5-14H,4H2,1-3H3,(H,20,22)/b12-11+. The van der Waals surface area contributed by atoms with E-state index >= 15 is 0 Å². The monoisotopic (exact) mass is 294 g/mol. The fourth-order valence-electron chi connectivity index (χ4n) is 2.30. The maximum absolute atomic E-state index is 12.3. The number of carbonyl (C=O) groups is 1. The highest BCUT2D eigenvalue weighted by Gasteiger charge is 2.12. The molecule has 0 aliphatic heterocycles. The van der Waals surface area contributed by atoms with Crippen LogP contribution in [0.3, 0.4) is 0 Å². The van der Waals surface area contributed by atoms with Crippen molar-refractivity contribution in [2.45, 2.75) is 20.8 Å². The summed E-state index contributed by atoms with van der Waals surface area (Å²) in [5.41, 5.74) is 4.31. The number of carbonyl (C=O) groups excluding carboxylic acids is 1. The van der Waals surface area contributed by atoms with E-state index in [2.05, 4.69) is 11.4 Å². The number of rotatable bonds is 4. The van der Waals surface area contributed by atoms with Gasteiger partial charge >= 0.3 is 6.03 Å². The Morgan fingerprint density at radius 1 is 1.09 bits per heavy atom. The first-order valence-electron chi connectivity index (χ1n) is 7.48. The molecular weight excluding hydrogens is 272 g/mol. The van der Waals surface area contributed by atoms with Gasteiger partial charge in [-0.2, -0.15) is 0 Å². The van der Waals surface area contributed by atoms with Gasteiger partial charge in [-0.25, -0.2) is 4.79 Å². The first kappa shape index (κ1) is 15.8. The lowest BCUT2D eigenvalue weighted by Gasteiger charge is -2.20. The van der Waals surface area contributed by atoms with Gasteiger partial charge in [0.05, 0.1) is 0 Å². The maximum atomic E-state index is 12.3. The number of urea groups is 1. The Bertz CT molecular complexity index is 677. The zero-order valence-electron chi connectivity index (χ0n) is 13.3. The largest absolute Gasteiger partial charge is 0.325 e. The minimum Gasteiger partial charge on any atom is -0.314 e. The number of amides is 2. The molecule has 2 rings (SSSR count). The van der Waals surface area contributed by atoms with Gasteiger partial charge in [0, 0.05) is 18.4 Å². The van der Waals surface area contributed by atoms with Crippen LogP contribution in [-0.4, -0.2) is 12.6 Å². The van der Waals surface area contributed by atoms with Gasteiger partial charge in [0.1, 0.15) is 0 Å². The molecule has 0 spiro atoms. The molecule has 2 aromatic rings. The summed E-state index contributed by atoms with van der Waals surface area (Å²) in [6, 6.07) is 15.9. The van der Waals surface area contributed by atoms with Crippen molar-refractivity contribution >= 4 is 17.8 Å². The summed E-state index contributed by atoms with van der Waals surface area (Å²) >= 11 is 0. The number of hydrogen-bond acceptors (Lipinski definition) is 1. The summed E-state index contributed by atoms with van der Waals surface area (Å²) < 4.78 is 0. The summed E-state index contributed by atoms with van der Waals surface area (Å²) in [6.45, 7) is 6.65. The Labute approximate surface area is 132 Å². The molecule has 0 saturated heterocycles. The van der Waals surface area contributed by atoms with Crippen LogP contribution in [0.4, 0.5) is 10.5 Å². The minimum atomic E-state index is -0.128. The van der Waals surface area contributed by atoms with Crippen molar-refractivity contribution in [2.75, 3.05) is 11.4 Å². The summed E-state index contributed by atoms with van der Waals surface area (Å²) in [4.78, 5) is 14.0. The normalized spacial score (nSPS) is 10.7. The van der Waals surface area contributed by atoms with Crippen molar-refractivity contribution in [3.63, 3.8) is 0 Å². The predicted octanol–water partition coefficient (Wildman–Crippen LogP) is 4.51. The lowest BCUT2D eigenvalue weighted by Crippen LogP contribution is -2.37. The molecule has 3 nitrogen and oxygen atoms in total. The summed E-state index contributed by atoms with van der Waals surface area (Å²) in [5, 5.41) is 2.83. The summed E-state index contributed by atoms with van der Waals surface area (Å²) in [7, 11) is 0. The molecule has 22 heavy (non-hydrogen) atoms. The first-order chi connectivity index (χ1) is 10.6. The highest BCUT2D eigenvalue weighted by molar-refractivity contribution is 5.92. The number of nitrogens with one attached hydrogen (secondary N) is 1. The van der Waals surface area contributed by atoms with Gasteiger partial charge in [-0.15, -0.1) is 0 Å². The second-order valence-electron chi connectivity index (χ2n) is 5.28. The Balaban J connectivity index is 2.04. The van der Waals surface area contributed by atoms with E-state index in [1.54, 1.807) is 11.1 Å². The Morgan fingerprint density at radius 3 is 2.41 bits per heavy atom. The van der Waals surface area contributed by atoms with Crippen molar-refractivity contribution in [1.82, 2.24) is 5.32 Å². The van der Waals surface area contributed by atoms with Gasteiger partial charge < -0.3 is 5.32 Å². The van der Waals surface area contributed by atoms with Crippen molar-refractivity contribution in [1.29, 1.82) is 0 Å². The molecule has 0 aliphatic carbocycles. The molecule has 2 aromatic carbocycles. The zero-order chi connectivity index (χ0) is 15.9. The molecule has 0 aromatic heterocycles. The highest BCUT2D eigenvalue weighted by Crippen LogP contribution is 2.15. The molecule has 0 aliphatic rings. The third-order valence-electron chi connectivity index (χ3n) is 3.40. The summed E-state index contributed by atoms with van der Waals surface area (Å²) in [5.74, 6) is 0. The highest BCUT2D eigenvalue weighted by atomic mass is 16.2. The quantitative estimate of drug-likeness (QED) is 0.884. The molecule has 0 heterocycles. The number of anilines is 1. The zero-order valence-corrected chi connectivity index (χ0v) is 13.3. The number of aryl methyl sites for hydroxylation is 2. The number of hydrogen-bond donors (Lipinski definition) is 1. The molecule has 0 unspecified atom stereocenters. The maximum Gasteiger partial charge on any atom is 0.325 e. The van der Waals surface area contributed by atoms with Gasteiger partial charge in [-0.05, 0) is 50.1 Å². The van der Waals surface area contributed by atoms with Gasteiger partial charge in [0.2, 0.25) is 0 Å². The molecule has 1 N–H and O–H groups in total. The minimum absolute atomic E-state index is 0.128. The van der Waals surface area contributed by atoms with Crippen LogP contribution in [-0.2, 0) is 0 Å². The number of nitrogens with zero attached hydrogens (tertiary/aromatic N) is 1. The molecule has 2 amide bonds. The topological polar surface area (TPSA) is 32.3 Å². The molecule has 3 heteroatoms. The molecule has 0 saturated carbocycles. The van der Waals surface area contributed by atoms with Crippen LogP contribution >= 0.6 is 0 Å². The molecule has 0 fully saturated rings. The Kier molecular flexibility index (Phi) is 5.37. The van der Waals surface area contributed by atoms with Crippen molar-refractivity contribution in [3.05, 3.63) is 71.4 Å². The second kappa shape index (κ2) is 7.46. The van der Waals surface area contributed by atoms with Crippen LogP contribution in [0.25, 0.3) is 6.08 Å². The fourth-order valence-corrected chi connectivity index (χ4v) is 2.30. The predicted molar refractivity (Wildman–Crippen MR) is 92.9 cm³/mol. The van der Waals surface area contributed by atoms with E-state index < -0.39 is 0 Å². The van der Waals surface area contributed by atoms with Crippen molar-refractivity contribution in [2.24, 2.45) is 0 Å². The van der Waals surface area contributed by atoms with Gasteiger partial charge in [0.25, 0.3) is 0 Å². The van der Waals surface area contributed by atoms with Crippen LogP contribution in [0.15, 0.2) is 54.7 Å². The van der Waals surface area contributed by atoms with E-state index in [-0.39, 0.29) is 6.03 Å². The van der Waals surface area contributed by atoms with Gasteiger partial charge in [0.15, 0.2) is 0 Å². The van der Waals surface area contributed by atoms with E-state index in [9.17, 15) is 4.79 Å². The third-order valence-corrected chi connectivity index (χ3v) is 3.40. The lowest BCUT2D eigenvalue weighted by molar-refractivity contribution is 0.249. The van der Waals surface area contributed by atoms with Gasteiger partial charge in [-0.3, -0.25) is 4.90 Å². The van der Waals surface area contributed by atoms with Crippen LogP contribution < -0.4 is 10.2 Å². The van der Waals surface area contributed by atoms with Crippen LogP contribution in [0.1, 0.15) is 23.6 Å². The molecule has 0 radical (unpaired) electrons. The average Bonchev–Trinajstić information content (AvgIpc) is 2.48. The molecular formula is C19H22N2O. The fraction of sp³-hybridized carbons (Fsp3) is 0.211. The number of benzene rings is 2. The lowest BCUT2D eigenvalue weighted by atomic mass is 10.1. The van der Waals surface area contributed by atoms with Crippen LogP contribution in [0.5, 0.6) is 0 Å². The molecule has 0 atom stereocenters. The summed E-state index contributed by atoms with van der Waals surface area (Å²) in [6.07, 6.45) is 3.59. The van der Waals surface area contributed by atoms with Crippen LogP contribution in [0, 0.1) is 13.8 Å². The van der Waals surface area contributed by atoms with E-state index in [1.807, 2.05) is 69.3 Å². The smallest absolute Gasteiger partial charge is 0.314 e.